The minimum atomic E-state index is -0.315. The smallest absolute Gasteiger partial charge is 0.227 e. The second kappa shape index (κ2) is 8.82. The van der Waals surface area contributed by atoms with E-state index in [1.54, 1.807) is 4.90 Å². The van der Waals surface area contributed by atoms with Gasteiger partial charge >= 0.3 is 0 Å². The van der Waals surface area contributed by atoms with Crippen molar-refractivity contribution in [2.75, 3.05) is 11.4 Å². The highest BCUT2D eigenvalue weighted by Crippen LogP contribution is 2.25. The van der Waals surface area contributed by atoms with Crippen LogP contribution < -0.4 is 10.2 Å². The van der Waals surface area contributed by atoms with Crippen molar-refractivity contribution in [3.8, 4) is 0 Å². The summed E-state index contributed by atoms with van der Waals surface area (Å²) in [6.45, 7) is 5.45. The fraction of sp³-hybridized carbons (Fsp3) is 0.364. The molecule has 0 aromatic heterocycles. The first kappa shape index (κ1) is 19.1. The summed E-state index contributed by atoms with van der Waals surface area (Å²) >= 11 is 0. The Labute approximate surface area is 160 Å². The van der Waals surface area contributed by atoms with E-state index in [2.05, 4.69) is 5.32 Å². The molecule has 0 saturated carbocycles. The van der Waals surface area contributed by atoms with Gasteiger partial charge in [-0.3, -0.25) is 9.59 Å². The third kappa shape index (κ3) is 5.17. The second-order valence-corrected chi connectivity index (χ2v) is 7.14. The van der Waals surface area contributed by atoms with E-state index in [0.717, 1.165) is 16.8 Å². The summed E-state index contributed by atoms with van der Waals surface area (Å²) in [7, 11) is 0. The van der Waals surface area contributed by atoms with Crippen molar-refractivity contribution in [2.24, 2.45) is 5.92 Å². The molecule has 1 aliphatic heterocycles. The molecule has 1 fully saturated rings. The Hall–Kier alpha value is -2.66. The second-order valence-electron chi connectivity index (χ2n) is 7.14. The lowest BCUT2D eigenvalue weighted by Crippen LogP contribution is -2.32. The molecule has 1 saturated heterocycles. The summed E-state index contributed by atoms with van der Waals surface area (Å²) in [5.74, 6) is -0.398. The third-order valence-corrected chi connectivity index (χ3v) is 4.61. The minimum Gasteiger partial charge on any atom is -0.374 e. The summed E-state index contributed by atoms with van der Waals surface area (Å²) in [6.07, 6.45) is 0.434. The van der Waals surface area contributed by atoms with Gasteiger partial charge in [-0.05, 0) is 37.1 Å². The van der Waals surface area contributed by atoms with Gasteiger partial charge in [0.2, 0.25) is 11.8 Å². The van der Waals surface area contributed by atoms with E-state index in [-0.39, 0.29) is 30.3 Å². The van der Waals surface area contributed by atoms with Gasteiger partial charge in [0.25, 0.3) is 0 Å². The Balaban J connectivity index is 1.54. The zero-order valence-electron chi connectivity index (χ0n) is 15.9. The van der Waals surface area contributed by atoms with Crippen LogP contribution >= 0.6 is 0 Å². The van der Waals surface area contributed by atoms with Gasteiger partial charge in [-0.25, -0.2) is 0 Å². The number of carbonyl (C=O) groups excluding carboxylic acids is 2. The molecule has 0 bridgehead atoms. The number of hydrogen-bond donors (Lipinski definition) is 1. The van der Waals surface area contributed by atoms with E-state index in [0.29, 0.717) is 19.7 Å². The zero-order valence-corrected chi connectivity index (χ0v) is 15.9. The van der Waals surface area contributed by atoms with Crippen molar-refractivity contribution in [1.29, 1.82) is 0 Å². The van der Waals surface area contributed by atoms with Crippen molar-refractivity contribution < 1.29 is 14.3 Å². The number of anilines is 1. The van der Waals surface area contributed by atoms with Crippen LogP contribution in [0.5, 0.6) is 0 Å². The van der Waals surface area contributed by atoms with E-state index >= 15 is 0 Å². The van der Waals surface area contributed by atoms with Gasteiger partial charge in [0, 0.05) is 25.2 Å². The van der Waals surface area contributed by atoms with Gasteiger partial charge in [-0.1, -0.05) is 42.5 Å². The first-order valence-corrected chi connectivity index (χ1v) is 9.35. The molecule has 1 atom stereocenters. The molecule has 2 aromatic rings. The monoisotopic (exact) mass is 366 g/mol. The summed E-state index contributed by atoms with van der Waals surface area (Å²) in [5, 5.41) is 2.97. The Morgan fingerprint density at radius 1 is 1.15 bits per heavy atom. The van der Waals surface area contributed by atoms with Crippen LogP contribution in [0.25, 0.3) is 0 Å². The fourth-order valence-corrected chi connectivity index (χ4v) is 3.17. The molecule has 1 heterocycles. The first-order valence-electron chi connectivity index (χ1n) is 9.35. The first-order chi connectivity index (χ1) is 13.0. The topological polar surface area (TPSA) is 58.6 Å². The Kier molecular flexibility index (Phi) is 6.24. The van der Waals surface area contributed by atoms with Gasteiger partial charge in [-0.2, -0.15) is 0 Å². The molecule has 0 aliphatic carbocycles. The van der Waals surface area contributed by atoms with Gasteiger partial charge in [0.15, 0.2) is 0 Å². The van der Waals surface area contributed by atoms with Crippen LogP contribution in [0, 0.1) is 5.92 Å². The highest BCUT2D eigenvalue weighted by atomic mass is 16.5. The van der Waals surface area contributed by atoms with Crippen LogP contribution in [0.1, 0.15) is 31.4 Å². The molecule has 5 heteroatoms. The average Bonchev–Trinajstić information content (AvgIpc) is 3.07. The van der Waals surface area contributed by atoms with Crippen molar-refractivity contribution in [3.05, 3.63) is 65.7 Å². The number of nitrogens with zero attached hydrogens (tertiary/aromatic N) is 1. The van der Waals surface area contributed by atoms with Gasteiger partial charge in [-0.15, -0.1) is 0 Å². The molecule has 3 rings (SSSR count). The molecule has 1 N–H and O–H groups in total. The van der Waals surface area contributed by atoms with Crippen LogP contribution in [0.15, 0.2) is 54.6 Å². The minimum absolute atomic E-state index is 0.00539. The molecule has 2 amide bonds. The predicted octanol–water partition coefficient (Wildman–Crippen LogP) is 3.28. The SMILES string of the molecule is CC(C)OCc1cccc(CNC(=O)[C@@H]2CC(=O)N(c3ccccc3)C2)c1. The lowest BCUT2D eigenvalue weighted by Gasteiger charge is -2.16. The lowest BCUT2D eigenvalue weighted by molar-refractivity contribution is -0.126. The maximum Gasteiger partial charge on any atom is 0.227 e. The molecule has 2 aromatic carbocycles. The Morgan fingerprint density at radius 2 is 1.89 bits per heavy atom. The van der Waals surface area contributed by atoms with Crippen LogP contribution in [-0.2, 0) is 27.5 Å². The highest BCUT2D eigenvalue weighted by molar-refractivity contribution is 6.00. The summed E-state index contributed by atoms with van der Waals surface area (Å²) in [5.41, 5.74) is 2.95. The van der Waals surface area contributed by atoms with Crippen molar-refractivity contribution >= 4 is 17.5 Å². The molecule has 0 unspecified atom stereocenters. The van der Waals surface area contributed by atoms with Crippen LogP contribution in [0.4, 0.5) is 5.69 Å². The summed E-state index contributed by atoms with van der Waals surface area (Å²) < 4.78 is 5.63. The fourth-order valence-electron chi connectivity index (χ4n) is 3.17. The van der Waals surface area contributed by atoms with Crippen molar-refractivity contribution in [3.63, 3.8) is 0 Å². The number of ether oxygens (including phenoxy) is 1. The molecular weight excluding hydrogens is 340 g/mol. The standard InChI is InChI=1S/C22H26N2O3/c1-16(2)27-15-18-8-6-7-17(11-18)13-23-22(26)19-12-21(25)24(14-19)20-9-4-3-5-10-20/h3-11,16,19H,12-15H2,1-2H3,(H,23,26)/t19-/m1/s1. The molecular formula is C22H26N2O3. The number of amides is 2. The number of nitrogens with one attached hydrogen (secondary N) is 1. The summed E-state index contributed by atoms with van der Waals surface area (Å²) in [4.78, 5) is 26.5. The van der Waals surface area contributed by atoms with Gasteiger partial charge in [0.05, 0.1) is 18.6 Å². The molecule has 27 heavy (non-hydrogen) atoms. The number of hydrogen-bond acceptors (Lipinski definition) is 3. The average molecular weight is 366 g/mol. The Bertz CT molecular complexity index is 789. The van der Waals surface area contributed by atoms with Gasteiger partial charge in [0.1, 0.15) is 0 Å². The number of para-hydroxylation sites is 1. The normalized spacial score (nSPS) is 16.8. The third-order valence-electron chi connectivity index (χ3n) is 4.61. The van der Waals surface area contributed by atoms with Gasteiger partial charge < -0.3 is 15.0 Å². The molecule has 5 nitrogen and oxygen atoms in total. The van der Waals surface area contributed by atoms with E-state index in [1.807, 2.05) is 68.4 Å². The number of carbonyl (C=O) groups is 2. The quantitative estimate of drug-likeness (QED) is 0.818. The number of benzene rings is 2. The predicted molar refractivity (Wildman–Crippen MR) is 105 cm³/mol. The highest BCUT2D eigenvalue weighted by Gasteiger charge is 2.34. The van der Waals surface area contributed by atoms with E-state index in [1.165, 1.54) is 0 Å². The van der Waals surface area contributed by atoms with Crippen LogP contribution in [0.2, 0.25) is 0 Å². The summed E-state index contributed by atoms with van der Waals surface area (Å²) in [6, 6.07) is 17.5. The van der Waals surface area contributed by atoms with Crippen molar-refractivity contribution in [2.45, 2.75) is 39.5 Å². The van der Waals surface area contributed by atoms with Crippen molar-refractivity contribution in [1.82, 2.24) is 5.32 Å². The Morgan fingerprint density at radius 3 is 2.63 bits per heavy atom. The molecule has 1 aliphatic rings. The largest absolute Gasteiger partial charge is 0.374 e. The van der Waals surface area contributed by atoms with Crippen LogP contribution in [0.3, 0.4) is 0 Å². The molecule has 0 radical (unpaired) electrons. The maximum atomic E-state index is 12.5. The number of rotatable bonds is 7. The molecule has 142 valence electrons. The van der Waals surface area contributed by atoms with Crippen LogP contribution in [-0.4, -0.2) is 24.5 Å². The zero-order chi connectivity index (χ0) is 19.2. The molecule has 0 spiro atoms. The van der Waals surface area contributed by atoms with E-state index < -0.39 is 0 Å². The lowest BCUT2D eigenvalue weighted by atomic mass is 10.1. The van der Waals surface area contributed by atoms with E-state index in [4.69, 9.17) is 4.74 Å². The van der Waals surface area contributed by atoms with E-state index in [9.17, 15) is 9.59 Å². The maximum absolute atomic E-state index is 12.5.